The molecule has 1 aromatic carbocycles. The lowest BCUT2D eigenvalue weighted by atomic mass is 9.96. The number of imidazole rings is 1. The Labute approximate surface area is 172 Å². The number of rotatable bonds is 5. The third kappa shape index (κ3) is 3.98. The number of benzene rings is 1. The molecule has 0 bridgehead atoms. The van der Waals surface area contributed by atoms with Gasteiger partial charge in [0.2, 0.25) is 0 Å². The van der Waals surface area contributed by atoms with Gasteiger partial charge in [-0.15, -0.1) is 0 Å². The average Bonchev–Trinajstić information content (AvgIpc) is 3.06. The summed E-state index contributed by atoms with van der Waals surface area (Å²) in [6.45, 7) is 1.99. The zero-order chi connectivity index (χ0) is 19.6. The van der Waals surface area contributed by atoms with Crippen LogP contribution >= 0.6 is 31.9 Å². The van der Waals surface area contributed by atoms with Gasteiger partial charge in [-0.1, -0.05) is 37.9 Å². The van der Waals surface area contributed by atoms with E-state index < -0.39 is 12.0 Å². The Balaban J connectivity index is 2.17. The zero-order valence-electron chi connectivity index (χ0n) is 14.7. The number of ether oxygens (including phenoxy) is 1. The maximum absolute atomic E-state index is 13.6. The average molecular weight is 500 g/mol. The minimum atomic E-state index is -0.667. The first-order valence-corrected chi connectivity index (χ1v) is 10.1. The lowest BCUT2D eigenvalue weighted by molar-refractivity contribution is -0.138. The number of aliphatic imine (C=N–C) groups is 1. The molecule has 3 rings (SSSR count). The quantitative estimate of drug-likeness (QED) is 0.504. The van der Waals surface area contributed by atoms with Gasteiger partial charge in [0.05, 0.1) is 12.2 Å². The van der Waals surface area contributed by atoms with Gasteiger partial charge < -0.3 is 14.6 Å². The van der Waals surface area contributed by atoms with Crippen molar-refractivity contribution in [1.29, 1.82) is 0 Å². The summed E-state index contributed by atoms with van der Waals surface area (Å²) in [4.78, 5) is 21.7. The molecule has 1 aliphatic rings. The second kappa shape index (κ2) is 8.35. The van der Waals surface area contributed by atoms with Crippen molar-refractivity contribution in [2.45, 2.75) is 13.0 Å². The third-order valence-electron chi connectivity index (χ3n) is 4.05. The van der Waals surface area contributed by atoms with Crippen LogP contribution in [-0.2, 0) is 16.6 Å². The van der Waals surface area contributed by atoms with Gasteiger partial charge in [-0.05, 0) is 24.6 Å². The van der Waals surface area contributed by atoms with Crippen molar-refractivity contribution in [2.24, 2.45) is 12.0 Å². The highest BCUT2D eigenvalue weighted by Gasteiger charge is 2.33. The smallest absolute Gasteiger partial charge is 0.338 e. The molecule has 0 aliphatic carbocycles. The largest absolute Gasteiger partial charge is 0.463 e. The van der Waals surface area contributed by atoms with E-state index in [2.05, 4.69) is 42.2 Å². The molecule has 9 heteroatoms. The summed E-state index contributed by atoms with van der Waals surface area (Å²) in [6, 6.07) is 3.64. The summed E-state index contributed by atoms with van der Waals surface area (Å²) in [7, 11) is 1.85. The summed E-state index contributed by atoms with van der Waals surface area (Å²) >= 11 is 6.81. The van der Waals surface area contributed by atoms with E-state index in [1.807, 2.05) is 11.6 Å². The molecule has 0 radical (unpaired) electrons. The Bertz CT molecular complexity index is 939. The van der Waals surface area contributed by atoms with Crippen molar-refractivity contribution in [3.8, 4) is 0 Å². The minimum Gasteiger partial charge on any atom is -0.463 e. The van der Waals surface area contributed by atoms with Crippen molar-refractivity contribution in [1.82, 2.24) is 14.9 Å². The number of aromatic nitrogens is 2. The van der Waals surface area contributed by atoms with Crippen LogP contribution in [0.3, 0.4) is 0 Å². The second-order valence-electron chi connectivity index (χ2n) is 5.78. The summed E-state index contributed by atoms with van der Waals surface area (Å²) in [5, 5.41) is 3.56. The number of hydrogen-bond acceptors (Lipinski definition) is 5. The van der Waals surface area contributed by atoms with Crippen molar-refractivity contribution < 1.29 is 13.9 Å². The molecular weight excluding hydrogens is 483 g/mol. The van der Waals surface area contributed by atoms with Gasteiger partial charge in [-0.2, -0.15) is 0 Å². The number of aryl methyl sites for hydroxylation is 1. The van der Waals surface area contributed by atoms with E-state index in [0.717, 1.165) is 0 Å². The fourth-order valence-electron chi connectivity index (χ4n) is 2.81. The number of hydrogen-bond donors (Lipinski definition) is 1. The van der Waals surface area contributed by atoms with Crippen LogP contribution < -0.4 is 5.32 Å². The standard InChI is InChI=1S/C18H17Br2FN4O2/c1-3-27-18(26)14-13(9-19)23-16(17-22-6-7-25(17)2)24-15(14)11-5-4-10(21)8-12(11)20/h4-8,15H,3,9H2,1-2H3,(H,23,24). The van der Waals surface area contributed by atoms with Gasteiger partial charge in [-0.3, -0.25) is 4.99 Å². The topological polar surface area (TPSA) is 68.5 Å². The number of halogens is 3. The molecule has 1 aromatic heterocycles. The van der Waals surface area contributed by atoms with Crippen LogP contribution in [0.1, 0.15) is 24.4 Å². The van der Waals surface area contributed by atoms with E-state index in [9.17, 15) is 9.18 Å². The minimum absolute atomic E-state index is 0.241. The summed E-state index contributed by atoms with van der Waals surface area (Å²) in [6.07, 6.45) is 3.47. The van der Waals surface area contributed by atoms with Crippen LogP contribution in [0.5, 0.6) is 0 Å². The van der Waals surface area contributed by atoms with E-state index in [4.69, 9.17) is 9.73 Å². The number of alkyl halides is 1. The molecule has 27 heavy (non-hydrogen) atoms. The first kappa shape index (κ1) is 19.8. The molecule has 1 atom stereocenters. The van der Waals surface area contributed by atoms with Crippen LogP contribution in [0.15, 0.2) is 51.3 Å². The van der Waals surface area contributed by atoms with Gasteiger partial charge in [0, 0.05) is 34.9 Å². The highest BCUT2D eigenvalue weighted by Crippen LogP contribution is 2.36. The molecule has 0 saturated carbocycles. The molecule has 0 fully saturated rings. The molecule has 0 spiro atoms. The SMILES string of the molecule is CCOC(=O)C1=C(CBr)NC(c2nccn2C)=NC1c1ccc(F)cc1Br. The molecular formula is C18H17Br2FN4O2. The highest BCUT2D eigenvalue weighted by molar-refractivity contribution is 9.10. The normalized spacial score (nSPS) is 16.8. The monoisotopic (exact) mass is 498 g/mol. The number of amidine groups is 1. The summed E-state index contributed by atoms with van der Waals surface area (Å²) in [5.41, 5.74) is 1.66. The number of nitrogens with zero attached hydrogens (tertiary/aromatic N) is 3. The molecule has 142 valence electrons. The molecule has 2 heterocycles. The maximum Gasteiger partial charge on any atom is 0.338 e. The number of carbonyl (C=O) groups is 1. The Morgan fingerprint density at radius 1 is 1.44 bits per heavy atom. The van der Waals surface area contributed by atoms with E-state index in [1.165, 1.54) is 12.1 Å². The third-order valence-corrected chi connectivity index (χ3v) is 5.29. The van der Waals surface area contributed by atoms with Crippen LogP contribution in [-0.4, -0.2) is 33.3 Å². The maximum atomic E-state index is 13.6. The van der Waals surface area contributed by atoms with Gasteiger partial charge in [0.1, 0.15) is 11.9 Å². The Hall–Kier alpha value is -2.00. The van der Waals surface area contributed by atoms with Crippen molar-refractivity contribution in [3.05, 3.63) is 63.5 Å². The number of carbonyl (C=O) groups excluding carboxylic acids is 1. The molecule has 1 unspecified atom stereocenters. The Morgan fingerprint density at radius 3 is 2.81 bits per heavy atom. The second-order valence-corrected chi connectivity index (χ2v) is 7.19. The van der Waals surface area contributed by atoms with E-state index >= 15 is 0 Å². The zero-order valence-corrected chi connectivity index (χ0v) is 17.8. The molecule has 1 N–H and O–H groups in total. The van der Waals surface area contributed by atoms with E-state index in [0.29, 0.717) is 38.3 Å². The number of nitrogens with one attached hydrogen (secondary N) is 1. The van der Waals surface area contributed by atoms with E-state index in [-0.39, 0.29) is 12.4 Å². The first-order chi connectivity index (χ1) is 13.0. The van der Waals surface area contributed by atoms with Gasteiger partial charge >= 0.3 is 5.97 Å². The fourth-order valence-corrected chi connectivity index (χ4v) is 3.82. The Kier molecular flexibility index (Phi) is 6.11. The van der Waals surface area contributed by atoms with Crippen LogP contribution in [0, 0.1) is 5.82 Å². The molecule has 0 amide bonds. The predicted octanol–water partition coefficient (Wildman–Crippen LogP) is 3.62. The predicted molar refractivity (Wildman–Crippen MR) is 107 cm³/mol. The van der Waals surface area contributed by atoms with Crippen LogP contribution in [0.2, 0.25) is 0 Å². The van der Waals surface area contributed by atoms with Gasteiger partial charge in [0.15, 0.2) is 11.7 Å². The van der Waals surface area contributed by atoms with Crippen molar-refractivity contribution >= 4 is 43.7 Å². The molecule has 2 aromatic rings. The number of esters is 1. The van der Waals surface area contributed by atoms with Crippen LogP contribution in [0.25, 0.3) is 0 Å². The van der Waals surface area contributed by atoms with E-state index in [1.54, 1.807) is 25.4 Å². The van der Waals surface area contributed by atoms with Crippen molar-refractivity contribution in [3.63, 3.8) is 0 Å². The van der Waals surface area contributed by atoms with Crippen LogP contribution in [0.4, 0.5) is 4.39 Å². The highest BCUT2D eigenvalue weighted by atomic mass is 79.9. The van der Waals surface area contributed by atoms with Crippen molar-refractivity contribution in [2.75, 3.05) is 11.9 Å². The first-order valence-electron chi connectivity index (χ1n) is 8.19. The molecule has 6 nitrogen and oxygen atoms in total. The fraction of sp³-hybridized carbons (Fsp3) is 0.278. The lowest BCUT2D eigenvalue weighted by Crippen LogP contribution is -2.36. The molecule has 0 saturated heterocycles. The van der Waals surface area contributed by atoms with Gasteiger partial charge in [-0.25, -0.2) is 14.2 Å². The van der Waals surface area contributed by atoms with Gasteiger partial charge in [0.25, 0.3) is 0 Å². The Morgan fingerprint density at radius 2 is 2.22 bits per heavy atom. The lowest BCUT2D eigenvalue weighted by Gasteiger charge is -2.27. The molecule has 1 aliphatic heterocycles. The summed E-state index contributed by atoms with van der Waals surface area (Å²) < 4.78 is 21.2. The number of allylic oxidation sites excluding steroid dienone is 1. The summed E-state index contributed by atoms with van der Waals surface area (Å²) in [5.74, 6) is 0.296.